The van der Waals surface area contributed by atoms with Crippen molar-refractivity contribution < 1.29 is 27.6 Å². The molecule has 4 aromatic rings. The highest BCUT2D eigenvalue weighted by molar-refractivity contribution is 5.77. The Bertz CT molecular complexity index is 1430. The van der Waals surface area contributed by atoms with Crippen LogP contribution in [0.5, 0.6) is 0 Å². The Morgan fingerprint density at radius 2 is 1.76 bits per heavy atom. The minimum Gasteiger partial charge on any atom is -0.475 e. The summed E-state index contributed by atoms with van der Waals surface area (Å²) in [6, 6.07) is 14.2. The van der Waals surface area contributed by atoms with Gasteiger partial charge in [-0.05, 0) is 33.3 Å². The third kappa shape index (κ3) is 7.67. The van der Waals surface area contributed by atoms with E-state index in [9.17, 15) is 13.2 Å². The zero-order valence-corrected chi connectivity index (χ0v) is 22.9. The first kappa shape index (κ1) is 29.7. The molecule has 0 aliphatic carbocycles. The molecule has 1 aliphatic rings. The van der Waals surface area contributed by atoms with Crippen molar-refractivity contribution in [3.05, 3.63) is 54.9 Å². The number of likely N-dealkylation sites (N-methyl/N-ethyl adjacent to an activating group) is 2. The molecule has 3 aromatic heterocycles. The number of aromatic nitrogens is 5. The van der Waals surface area contributed by atoms with Crippen LogP contribution in [0, 0.1) is 0 Å². The summed E-state index contributed by atoms with van der Waals surface area (Å²) in [5.74, 6) is -0.804. The number of pyridine rings is 1. The zero-order valence-electron chi connectivity index (χ0n) is 22.9. The summed E-state index contributed by atoms with van der Waals surface area (Å²) in [6.45, 7) is 5.60. The van der Waals surface area contributed by atoms with Crippen LogP contribution in [0.3, 0.4) is 0 Å². The van der Waals surface area contributed by atoms with Crippen LogP contribution in [0.15, 0.2) is 59.4 Å². The van der Waals surface area contributed by atoms with Gasteiger partial charge < -0.3 is 24.3 Å². The minimum atomic E-state index is -5.08. The highest BCUT2D eigenvalue weighted by Gasteiger charge is 2.38. The fourth-order valence-electron chi connectivity index (χ4n) is 4.12. The summed E-state index contributed by atoms with van der Waals surface area (Å²) in [4.78, 5) is 25.0. The number of nitrogens with zero attached hydrogens (tertiary/aromatic N) is 8. The molecular formula is C27H31F3N8O3. The van der Waals surface area contributed by atoms with Crippen LogP contribution in [-0.2, 0) is 11.3 Å². The van der Waals surface area contributed by atoms with Crippen molar-refractivity contribution in [1.82, 2.24) is 34.7 Å². The summed E-state index contributed by atoms with van der Waals surface area (Å²) >= 11 is 0. The molecule has 1 N–H and O–H groups in total. The quantitative estimate of drug-likeness (QED) is 0.352. The maximum Gasteiger partial charge on any atom is 0.490 e. The summed E-state index contributed by atoms with van der Waals surface area (Å²) in [7, 11) is 6.26. The van der Waals surface area contributed by atoms with Gasteiger partial charge in [-0.25, -0.2) is 9.78 Å². The highest BCUT2D eigenvalue weighted by Crippen LogP contribution is 2.32. The molecule has 14 heteroatoms. The zero-order chi connectivity index (χ0) is 29.6. The fraction of sp³-hybridized carbons (Fsp3) is 0.370. The Morgan fingerprint density at radius 3 is 2.39 bits per heavy atom. The number of halogens is 3. The van der Waals surface area contributed by atoms with E-state index in [-0.39, 0.29) is 0 Å². The number of piperazine rings is 1. The third-order valence-electron chi connectivity index (χ3n) is 6.38. The number of carboxylic acid groups (broad SMARTS) is 1. The number of rotatable bonds is 7. The molecule has 5 rings (SSSR count). The van der Waals surface area contributed by atoms with Crippen LogP contribution in [0.2, 0.25) is 0 Å². The second-order valence-corrected chi connectivity index (χ2v) is 9.72. The smallest absolute Gasteiger partial charge is 0.475 e. The summed E-state index contributed by atoms with van der Waals surface area (Å²) in [5, 5.41) is 16.1. The molecule has 1 fully saturated rings. The number of alkyl halides is 3. The lowest BCUT2D eigenvalue weighted by Crippen LogP contribution is -2.44. The predicted octanol–water partition coefficient (Wildman–Crippen LogP) is 3.61. The van der Waals surface area contributed by atoms with Gasteiger partial charge in [-0.3, -0.25) is 4.68 Å². The van der Waals surface area contributed by atoms with E-state index < -0.39 is 12.1 Å². The van der Waals surface area contributed by atoms with E-state index in [1.54, 1.807) is 0 Å². The molecule has 1 saturated heterocycles. The van der Waals surface area contributed by atoms with Gasteiger partial charge in [-0.15, -0.1) is 0 Å². The molecular weight excluding hydrogens is 541 g/mol. The number of benzene rings is 1. The van der Waals surface area contributed by atoms with Crippen molar-refractivity contribution in [1.29, 1.82) is 0 Å². The molecule has 0 bridgehead atoms. The van der Waals surface area contributed by atoms with E-state index >= 15 is 0 Å². The number of hydrogen-bond donors (Lipinski definition) is 1. The average molecular weight is 573 g/mol. The van der Waals surface area contributed by atoms with Gasteiger partial charge in [-0.1, -0.05) is 35.5 Å². The van der Waals surface area contributed by atoms with Crippen LogP contribution >= 0.6 is 0 Å². The number of hydrogen-bond acceptors (Lipinski definition) is 9. The largest absolute Gasteiger partial charge is 0.490 e. The van der Waals surface area contributed by atoms with Gasteiger partial charge in [0.05, 0.1) is 24.0 Å². The molecule has 0 atom stereocenters. The minimum absolute atomic E-state index is 0.461. The number of carbonyl (C=O) groups is 1. The Hall–Kier alpha value is -4.30. The second kappa shape index (κ2) is 12.9. The molecule has 0 saturated carbocycles. The topological polar surface area (TPSA) is 117 Å². The maximum absolute atomic E-state index is 10.6. The molecule has 11 nitrogen and oxygen atoms in total. The first-order chi connectivity index (χ1) is 19.5. The van der Waals surface area contributed by atoms with E-state index in [4.69, 9.17) is 19.4 Å². The molecule has 41 heavy (non-hydrogen) atoms. The highest BCUT2D eigenvalue weighted by atomic mass is 19.4. The first-order valence-corrected chi connectivity index (χ1v) is 12.8. The standard InChI is InChI=1S/C25H30N8O.C2HF3O2/c1-30(2)11-16-33-23(19-7-5-4-6-8-19)21(18-27-33)25-28-24(29-34-25)20-9-10-26-22(17-20)32-14-12-31(3)13-15-32;3-2(4,5)1(6)7/h4-10,17-18H,11-16H2,1-3H3;(H,6,7). The molecule has 1 aromatic carbocycles. The fourth-order valence-corrected chi connectivity index (χ4v) is 4.12. The Balaban J connectivity index is 0.000000493. The first-order valence-electron chi connectivity index (χ1n) is 12.8. The van der Waals surface area contributed by atoms with Crippen molar-refractivity contribution in [3.8, 4) is 34.1 Å². The molecule has 4 heterocycles. The predicted molar refractivity (Wildman–Crippen MR) is 146 cm³/mol. The van der Waals surface area contributed by atoms with Crippen molar-refractivity contribution in [2.45, 2.75) is 12.7 Å². The molecule has 1 aliphatic heterocycles. The molecule has 0 amide bonds. The Kier molecular flexibility index (Phi) is 9.35. The van der Waals surface area contributed by atoms with Gasteiger partial charge in [-0.2, -0.15) is 23.3 Å². The molecule has 0 unspecified atom stereocenters. The summed E-state index contributed by atoms with van der Waals surface area (Å²) in [6.07, 6.45) is -1.45. The van der Waals surface area contributed by atoms with Crippen molar-refractivity contribution in [2.75, 3.05) is 58.8 Å². The van der Waals surface area contributed by atoms with Crippen molar-refractivity contribution in [2.24, 2.45) is 0 Å². The second-order valence-electron chi connectivity index (χ2n) is 9.72. The third-order valence-corrected chi connectivity index (χ3v) is 6.38. The van der Waals surface area contributed by atoms with Gasteiger partial charge in [0, 0.05) is 50.0 Å². The van der Waals surface area contributed by atoms with E-state index in [0.717, 1.165) is 67.5 Å². The van der Waals surface area contributed by atoms with E-state index in [1.807, 2.05) is 47.4 Å². The molecule has 0 radical (unpaired) electrons. The van der Waals surface area contributed by atoms with Crippen LogP contribution in [0.25, 0.3) is 34.1 Å². The number of aliphatic carboxylic acids is 1. The van der Waals surface area contributed by atoms with Crippen molar-refractivity contribution in [3.63, 3.8) is 0 Å². The van der Waals surface area contributed by atoms with Crippen molar-refractivity contribution >= 4 is 11.8 Å². The van der Waals surface area contributed by atoms with E-state index in [1.165, 1.54) is 0 Å². The number of anilines is 1. The summed E-state index contributed by atoms with van der Waals surface area (Å²) < 4.78 is 39.5. The monoisotopic (exact) mass is 572 g/mol. The van der Waals surface area contributed by atoms with Gasteiger partial charge in [0.2, 0.25) is 5.82 Å². The Labute approximate surface area is 234 Å². The van der Waals surface area contributed by atoms with Gasteiger partial charge in [0.15, 0.2) is 0 Å². The van der Waals surface area contributed by atoms with E-state index in [2.05, 4.69) is 63.2 Å². The average Bonchev–Trinajstić information content (AvgIpc) is 3.60. The van der Waals surface area contributed by atoms with Crippen LogP contribution in [-0.4, -0.2) is 106 Å². The number of carboxylic acids is 1. The maximum atomic E-state index is 10.6. The molecule has 218 valence electrons. The SMILES string of the molecule is CN(C)CCn1ncc(-c2nc(-c3ccnc(N4CCN(C)CC4)c3)no2)c1-c1ccccc1.O=C(O)C(F)(F)F. The lowest BCUT2D eigenvalue weighted by Gasteiger charge is -2.33. The van der Waals surface area contributed by atoms with E-state index in [0.29, 0.717) is 11.7 Å². The van der Waals surface area contributed by atoms with Gasteiger partial charge in [0.25, 0.3) is 5.89 Å². The van der Waals surface area contributed by atoms with Crippen LogP contribution < -0.4 is 4.90 Å². The molecule has 0 spiro atoms. The van der Waals surface area contributed by atoms with Gasteiger partial charge >= 0.3 is 12.1 Å². The van der Waals surface area contributed by atoms with Crippen LogP contribution in [0.4, 0.5) is 19.0 Å². The summed E-state index contributed by atoms with van der Waals surface area (Å²) in [5.41, 5.74) is 3.76. The van der Waals surface area contributed by atoms with Crippen LogP contribution in [0.1, 0.15) is 0 Å². The van der Waals surface area contributed by atoms with Gasteiger partial charge in [0.1, 0.15) is 5.82 Å². The normalized spacial score (nSPS) is 14.2. The lowest BCUT2D eigenvalue weighted by atomic mass is 10.1. The lowest BCUT2D eigenvalue weighted by molar-refractivity contribution is -0.192. The Morgan fingerprint density at radius 1 is 1.07 bits per heavy atom.